The van der Waals surface area contributed by atoms with Gasteiger partial charge in [-0.15, -0.1) is 0 Å². The van der Waals surface area contributed by atoms with Crippen LogP contribution in [0.5, 0.6) is 5.75 Å². The second-order valence-electron chi connectivity index (χ2n) is 10.8. The van der Waals surface area contributed by atoms with E-state index in [4.69, 9.17) is 9.47 Å². The minimum absolute atomic E-state index is 0.00173. The number of aromatic carboxylic acids is 1. The molecule has 4 rings (SSSR count). The highest BCUT2D eigenvalue weighted by Gasteiger charge is 2.29. The van der Waals surface area contributed by atoms with Crippen LogP contribution in [-0.2, 0) is 11.3 Å². The third-order valence-electron chi connectivity index (χ3n) is 7.58. The van der Waals surface area contributed by atoms with Crippen LogP contribution in [0.3, 0.4) is 0 Å². The number of hydrogen-bond acceptors (Lipinski definition) is 6. The van der Waals surface area contributed by atoms with Crippen molar-refractivity contribution in [3.05, 3.63) is 89.2 Å². The van der Waals surface area contributed by atoms with Gasteiger partial charge in [0.1, 0.15) is 18.2 Å². The topological polar surface area (TPSA) is 120 Å². The summed E-state index contributed by atoms with van der Waals surface area (Å²) in [7, 11) is 3.30. The Bertz CT molecular complexity index is 1470. The lowest BCUT2D eigenvalue weighted by atomic mass is 10.00. The summed E-state index contributed by atoms with van der Waals surface area (Å²) in [5, 5.41) is 14.9. The third-order valence-corrected chi connectivity index (χ3v) is 7.58. The first-order valence-electron chi connectivity index (χ1n) is 14.0. The Labute approximate surface area is 250 Å². The summed E-state index contributed by atoms with van der Waals surface area (Å²) in [6.45, 7) is 5.43. The minimum atomic E-state index is -0.996. The van der Waals surface area contributed by atoms with Crippen molar-refractivity contribution in [2.24, 2.45) is 5.92 Å². The second-order valence-corrected chi connectivity index (χ2v) is 10.8. The second kappa shape index (κ2) is 14.1. The van der Waals surface area contributed by atoms with Crippen LogP contribution in [0.1, 0.15) is 40.1 Å². The number of carbonyl (C=O) groups is 3. The van der Waals surface area contributed by atoms with Crippen molar-refractivity contribution in [3.63, 3.8) is 0 Å². The van der Waals surface area contributed by atoms with E-state index in [0.717, 1.165) is 0 Å². The zero-order valence-corrected chi connectivity index (χ0v) is 24.7. The molecule has 0 saturated heterocycles. The van der Waals surface area contributed by atoms with E-state index in [0.29, 0.717) is 36.4 Å². The maximum Gasteiger partial charge on any atom is 0.336 e. The van der Waals surface area contributed by atoms with Crippen molar-refractivity contribution in [2.75, 3.05) is 44.5 Å². The fourth-order valence-electron chi connectivity index (χ4n) is 5.08. The number of anilines is 2. The first-order chi connectivity index (χ1) is 20.6. The Kier molecular flexibility index (Phi) is 10.3. The van der Waals surface area contributed by atoms with Crippen LogP contribution >= 0.6 is 0 Å². The van der Waals surface area contributed by atoms with Crippen LogP contribution in [0, 0.1) is 11.7 Å². The minimum Gasteiger partial charge on any atom is -0.491 e. The number of halogens is 1. The number of carboxylic acids is 1. The number of carbonyl (C=O) groups excluding carboxylic acids is 2. The lowest BCUT2D eigenvalue weighted by molar-refractivity contribution is 0.00915. The summed E-state index contributed by atoms with van der Waals surface area (Å²) in [6.07, 6.45) is -0.287. The van der Waals surface area contributed by atoms with Gasteiger partial charge < -0.3 is 30.1 Å². The van der Waals surface area contributed by atoms with Gasteiger partial charge in [0.05, 0.1) is 22.9 Å². The van der Waals surface area contributed by atoms with E-state index in [1.54, 1.807) is 61.5 Å². The normalized spacial score (nSPS) is 19.8. The van der Waals surface area contributed by atoms with Gasteiger partial charge in [0, 0.05) is 51.6 Å². The fourth-order valence-corrected chi connectivity index (χ4v) is 5.08. The summed E-state index contributed by atoms with van der Waals surface area (Å²) < 4.78 is 26.0. The van der Waals surface area contributed by atoms with E-state index in [-0.39, 0.29) is 47.6 Å². The number of rotatable bonds is 6. The monoisotopic (exact) mass is 592 g/mol. The van der Waals surface area contributed by atoms with E-state index >= 15 is 0 Å². The highest BCUT2D eigenvalue weighted by Crippen LogP contribution is 2.28. The van der Waals surface area contributed by atoms with Gasteiger partial charge in [0.2, 0.25) is 0 Å². The molecule has 0 aromatic heterocycles. The van der Waals surface area contributed by atoms with Crippen molar-refractivity contribution in [1.29, 1.82) is 0 Å². The van der Waals surface area contributed by atoms with Crippen LogP contribution in [0.2, 0.25) is 0 Å². The van der Waals surface area contributed by atoms with E-state index in [1.165, 1.54) is 18.2 Å². The molecule has 3 N–H and O–H groups in total. The molecule has 0 bridgehead atoms. The standard InChI is InChI=1S/C32H37FN4O6/c1-20-16-37(17-22-9-5-6-10-24(22)31(39)40)21(2)19-43-28-15-23(34-32(41)35-27-12-8-7-11-26(27)33)13-14-25(28)30(38)36(3)18-29(20)42-4/h5-15,20-21,29H,16-19H2,1-4H3,(H,39,40)(H2,34,35,41)/t20-,21+,29-/m1/s1. The average Bonchev–Trinajstić information content (AvgIpc) is 2.98. The molecule has 3 atom stereocenters. The van der Waals surface area contributed by atoms with Crippen molar-refractivity contribution >= 4 is 29.3 Å². The quantitative estimate of drug-likeness (QED) is 0.361. The molecule has 11 heteroatoms. The lowest BCUT2D eigenvalue weighted by Crippen LogP contribution is -2.46. The Hall–Kier alpha value is -4.48. The van der Waals surface area contributed by atoms with Gasteiger partial charge in [-0.1, -0.05) is 37.3 Å². The summed E-state index contributed by atoms with van der Waals surface area (Å²) in [5.41, 5.74) is 1.59. The van der Waals surface area contributed by atoms with Gasteiger partial charge in [-0.3, -0.25) is 9.69 Å². The molecule has 3 aromatic rings. The lowest BCUT2D eigenvalue weighted by Gasteiger charge is -2.36. The molecule has 0 saturated carbocycles. The zero-order chi connectivity index (χ0) is 31.1. The molecule has 0 spiro atoms. The molecule has 228 valence electrons. The van der Waals surface area contributed by atoms with E-state index in [2.05, 4.69) is 15.5 Å². The van der Waals surface area contributed by atoms with Crippen LogP contribution in [0.25, 0.3) is 0 Å². The number of benzene rings is 3. The van der Waals surface area contributed by atoms with Crippen LogP contribution in [0.15, 0.2) is 66.7 Å². The van der Waals surface area contributed by atoms with Gasteiger partial charge in [-0.25, -0.2) is 14.0 Å². The van der Waals surface area contributed by atoms with Gasteiger partial charge in [0.25, 0.3) is 5.91 Å². The molecular weight excluding hydrogens is 555 g/mol. The molecule has 1 aliphatic heterocycles. The van der Waals surface area contributed by atoms with Gasteiger partial charge in [-0.05, 0) is 48.7 Å². The number of fused-ring (bicyclic) bond motifs is 1. The van der Waals surface area contributed by atoms with E-state index in [1.807, 2.05) is 19.9 Å². The van der Waals surface area contributed by atoms with Crippen molar-refractivity contribution < 1.29 is 33.4 Å². The predicted octanol–water partition coefficient (Wildman–Crippen LogP) is 5.17. The number of methoxy groups -OCH3 is 1. The number of likely N-dealkylation sites (N-methyl/N-ethyl adjacent to an activating group) is 1. The molecule has 1 aliphatic rings. The average molecular weight is 593 g/mol. The predicted molar refractivity (Wildman–Crippen MR) is 161 cm³/mol. The summed E-state index contributed by atoms with van der Waals surface area (Å²) in [5.74, 6) is -1.57. The molecule has 0 fully saturated rings. The first kappa shape index (κ1) is 31.5. The van der Waals surface area contributed by atoms with Gasteiger partial charge in [0.15, 0.2) is 0 Å². The van der Waals surface area contributed by atoms with E-state index in [9.17, 15) is 23.9 Å². The Morgan fingerprint density at radius 2 is 1.77 bits per heavy atom. The number of para-hydroxylation sites is 1. The number of amides is 3. The van der Waals surface area contributed by atoms with Crippen molar-refractivity contribution in [3.8, 4) is 5.75 Å². The molecule has 43 heavy (non-hydrogen) atoms. The van der Waals surface area contributed by atoms with Gasteiger partial charge >= 0.3 is 12.0 Å². The molecule has 0 radical (unpaired) electrons. The number of nitrogens with one attached hydrogen (secondary N) is 2. The van der Waals surface area contributed by atoms with Crippen molar-refractivity contribution in [1.82, 2.24) is 9.80 Å². The molecular formula is C32H37FN4O6. The summed E-state index contributed by atoms with van der Waals surface area (Å²) >= 11 is 0. The van der Waals surface area contributed by atoms with Crippen LogP contribution in [-0.4, -0.2) is 78.8 Å². The third kappa shape index (κ3) is 7.88. The number of nitrogens with zero attached hydrogens (tertiary/aromatic N) is 2. The largest absolute Gasteiger partial charge is 0.491 e. The van der Waals surface area contributed by atoms with E-state index < -0.39 is 17.8 Å². The number of hydrogen-bond donors (Lipinski definition) is 3. The first-order valence-corrected chi connectivity index (χ1v) is 14.0. The Morgan fingerprint density at radius 3 is 2.49 bits per heavy atom. The van der Waals surface area contributed by atoms with Crippen molar-refractivity contribution in [2.45, 2.75) is 32.5 Å². The number of carboxylic acid groups (broad SMARTS) is 1. The molecule has 3 aromatic carbocycles. The summed E-state index contributed by atoms with van der Waals surface area (Å²) in [4.78, 5) is 41.7. The molecule has 0 aliphatic carbocycles. The molecule has 0 unspecified atom stereocenters. The maximum atomic E-state index is 14.0. The maximum absolute atomic E-state index is 14.0. The fraction of sp³-hybridized carbons (Fsp3) is 0.344. The molecule has 1 heterocycles. The highest BCUT2D eigenvalue weighted by molar-refractivity contribution is 6.01. The SMILES string of the molecule is CO[C@@H]1CN(C)C(=O)c2ccc(NC(=O)Nc3ccccc3F)cc2OC[C@H](C)N(Cc2ccccc2C(=O)O)C[C@H]1C. The molecule has 10 nitrogen and oxygen atoms in total. The number of ether oxygens (including phenoxy) is 2. The summed E-state index contributed by atoms with van der Waals surface area (Å²) in [6, 6.07) is 16.6. The Balaban J connectivity index is 1.62. The van der Waals surface area contributed by atoms with Crippen LogP contribution < -0.4 is 15.4 Å². The zero-order valence-electron chi connectivity index (χ0n) is 24.7. The molecule has 3 amide bonds. The Morgan fingerprint density at radius 1 is 1.05 bits per heavy atom. The van der Waals surface area contributed by atoms with Crippen LogP contribution in [0.4, 0.5) is 20.6 Å². The van der Waals surface area contributed by atoms with Gasteiger partial charge in [-0.2, -0.15) is 0 Å². The smallest absolute Gasteiger partial charge is 0.336 e. The highest BCUT2D eigenvalue weighted by atomic mass is 19.1. The number of urea groups is 1.